The first kappa shape index (κ1) is 36.9. The van der Waals surface area contributed by atoms with Gasteiger partial charge in [-0.3, -0.25) is 4.79 Å². The molecule has 4 heteroatoms. The van der Waals surface area contributed by atoms with Gasteiger partial charge in [0.25, 0.3) is 0 Å². The summed E-state index contributed by atoms with van der Waals surface area (Å²) >= 11 is 0. The van der Waals surface area contributed by atoms with Gasteiger partial charge in [-0.1, -0.05) is 141 Å². The molecule has 0 heterocycles. The number of esters is 1. The normalized spacial score (nSPS) is 12.6. The van der Waals surface area contributed by atoms with Crippen molar-refractivity contribution in [1.82, 2.24) is 0 Å². The van der Waals surface area contributed by atoms with Crippen LogP contribution in [0.5, 0.6) is 0 Å². The lowest BCUT2D eigenvalue weighted by molar-refractivity contribution is -0.154. The topological polar surface area (TPSA) is 55.8 Å². The van der Waals surface area contributed by atoms with Crippen LogP contribution in [0.1, 0.15) is 162 Å². The zero-order valence-corrected chi connectivity index (χ0v) is 25.4. The molecule has 0 aliphatic heterocycles. The highest BCUT2D eigenvalue weighted by molar-refractivity contribution is 5.69. The molecule has 224 valence electrons. The smallest absolute Gasteiger partial charge is 0.306 e. The number of allylic oxidation sites excluding steroid dienone is 4. The van der Waals surface area contributed by atoms with E-state index in [4.69, 9.17) is 9.47 Å². The maximum atomic E-state index is 12.1. The third kappa shape index (κ3) is 29.4. The fourth-order valence-electron chi connectivity index (χ4n) is 4.54. The summed E-state index contributed by atoms with van der Waals surface area (Å²) in [5.41, 5.74) is 0. The minimum absolute atomic E-state index is 0.173. The first-order valence-electron chi connectivity index (χ1n) is 16.4. The lowest BCUT2D eigenvalue weighted by Crippen LogP contribution is -2.27. The van der Waals surface area contributed by atoms with E-state index in [9.17, 15) is 9.90 Å². The van der Waals surface area contributed by atoms with Crippen molar-refractivity contribution < 1.29 is 19.4 Å². The molecule has 0 rings (SSSR count). The molecule has 38 heavy (non-hydrogen) atoms. The van der Waals surface area contributed by atoms with Gasteiger partial charge in [0, 0.05) is 13.0 Å². The minimum atomic E-state index is -0.532. The number of rotatable bonds is 30. The standard InChI is InChI=1S/C34H64O4/c1-3-5-7-9-11-13-15-17-18-20-22-24-26-28-30-37-32-33(31-35)38-34(36)29-27-25-23-21-19-16-14-12-10-8-6-4-2/h7,9,13,15,33,35H,3-6,8,10-12,14,16-32H2,1-2H3/b9-7-,15-13-. The summed E-state index contributed by atoms with van der Waals surface area (Å²) in [4.78, 5) is 12.1. The molecule has 0 amide bonds. The van der Waals surface area contributed by atoms with Gasteiger partial charge in [-0.2, -0.15) is 0 Å². The van der Waals surface area contributed by atoms with Crippen LogP contribution in [0, 0.1) is 0 Å². The van der Waals surface area contributed by atoms with Crippen molar-refractivity contribution in [2.24, 2.45) is 0 Å². The van der Waals surface area contributed by atoms with Crippen LogP contribution in [0.25, 0.3) is 0 Å². The molecule has 0 aliphatic rings. The SMILES string of the molecule is CCC/C=C\C/C=C\CCCCCCCCOCC(CO)OC(=O)CCCCCCCCCCCCCC. The van der Waals surface area contributed by atoms with Crippen LogP contribution in [0.2, 0.25) is 0 Å². The quantitative estimate of drug-likeness (QED) is 0.0563. The highest BCUT2D eigenvalue weighted by atomic mass is 16.6. The van der Waals surface area contributed by atoms with E-state index in [1.54, 1.807) is 0 Å². The Balaban J connectivity index is 3.46. The van der Waals surface area contributed by atoms with Gasteiger partial charge in [0.05, 0.1) is 13.2 Å². The summed E-state index contributed by atoms with van der Waals surface area (Å²) in [7, 11) is 0. The van der Waals surface area contributed by atoms with E-state index in [1.807, 2.05) is 0 Å². The predicted molar refractivity (Wildman–Crippen MR) is 164 cm³/mol. The van der Waals surface area contributed by atoms with Gasteiger partial charge < -0.3 is 14.6 Å². The summed E-state index contributed by atoms with van der Waals surface area (Å²) in [6.45, 7) is 5.26. The molecule has 4 nitrogen and oxygen atoms in total. The number of unbranched alkanes of at least 4 members (excludes halogenated alkanes) is 18. The lowest BCUT2D eigenvalue weighted by atomic mass is 10.0. The number of hydrogen-bond acceptors (Lipinski definition) is 4. The molecule has 0 saturated heterocycles. The van der Waals surface area contributed by atoms with Gasteiger partial charge in [0.15, 0.2) is 0 Å². The Morgan fingerprint density at radius 3 is 1.74 bits per heavy atom. The molecular weight excluding hydrogens is 472 g/mol. The Morgan fingerprint density at radius 1 is 0.632 bits per heavy atom. The van der Waals surface area contributed by atoms with Gasteiger partial charge in [-0.25, -0.2) is 0 Å². The summed E-state index contributed by atoms with van der Waals surface area (Å²) in [6.07, 6.45) is 36.3. The van der Waals surface area contributed by atoms with Crippen LogP contribution in [0.15, 0.2) is 24.3 Å². The van der Waals surface area contributed by atoms with Crippen LogP contribution in [0.4, 0.5) is 0 Å². The molecule has 0 aromatic heterocycles. The van der Waals surface area contributed by atoms with Crippen LogP contribution < -0.4 is 0 Å². The Bertz CT molecular complexity index is 529. The molecule has 1 N–H and O–H groups in total. The van der Waals surface area contributed by atoms with Crippen LogP contribution in [0.3, 0.4) is 0 Å². The van der Waals surface area contributed by atoms with E-state index < -0.39 is 6.10 Å². The van der Waals surface area contributed by atoms with Crippen molar-refractivity contribution in [3.63, 3.8) is 0 Å². The third-order valence-electron chi connectivity index (χ3n) is 7.01. The molecule has 1 atom stereocenters. The number of hydrogen-bond donors (Lipinski definition) is 1. The van der Waals surface area contributed by atoms with E-state index in [0.29, 0.717) is 19.6 Å². The second-order valence-electron chi connectivity index (χ2n) is 10.9. The maximum Gasteiger partial charge on any atom is 0.306 e. The molecule has 0 saturated carbocycles. The largest absolute Gasteiger partial charge is 0.457 e. The number of carbonyl (C=O) groups excluding carboxylic acids is 1. The van der Waals surface area contributed by atoms with Gasteiger partial charge in [0.2, 0.25) is 0 Å². The van der Waals surface area contributed by atoms with Crippen molar-refractivity contribution in [2.45, 2.75) is 168 Å². The first-order valence-corrected chi connectivity index (χ1v) is 16.4. The molecule has 0 spiro atoms. The van der Waals surface area contributed by atoms with E-state index in [-0.39, 0.29) is 12.6 Å². The van der Waals surface area contributed by atoms with E-state index in [0.717, 1.165) is 25.7 Å². The Labute approximate surface area is 237 Å². The summed E-state index contributed by atoms with van der Waals surface area (Å²) in [6, 6.07) is 0. The van der Waals surface area contributed by atoms with Gasteiger partial charge in [0.1, 0.15) is 6.10 Å². The molecule has 0 aromatic rings. The zero-order chi connectivity index (χ0) is 27.8. The van der Waals surface area contributed by atoms with Crippen molar-refractivity contribution >= 4 is 5.97 Å². The monoisotopic (exact) mass is 536 g/mol. The molecule has 0 radical (unpaired) electrons. The Morgan fingerprint density at radius 2 is 1.16 bits per heavy atom. The van der Waals surface area contributed by atoms with Crippen LogP contribution in [-0.4, -0.2) is 37.0 Å². The zero-order valence-electron chi connectivity index (χ0n) is 25.4. The summed E-state index contributed by atoms with van der Waals surface area (Å²) < 4.78 is 11.1. The van der Waals surface area contributed by atoms with Gasteiger partial charge in [-0.05, 0) is 38.5 Å². The number of aliphatic hydroxyl groups is 1. The van der Waals surface area contributed by atoms with Gasteiger partial charge >= 0.3 is 5.97 Å². The minimum Gasteiger partial charge on any atom is -0.457 e. The van der Waals surface area contributed by atoms with Crippen molar-refractivity contribution in [1.29, 1.82) is 0 Å². The molecular formula is C34H64O4. The summed E-state index contributed by atoms with van der Waals surface area (Å²) in [5, 5.41) is 9.51. The van der Waals surface area contributed by atoms with E-state index in [2.05, 4.69) is 38.2 Å². The van der Waals surface area contributed by atoms with Crippen LogP contribution >= 0.6 is 0 Å². The Kier molecular flexibility index (Phi) is 31.1. The first-order chi connectivity index (χ1) is 18.7. The fourth-order valence-corrected chi connectivity index (χ4v) is 4.54. The molecule has 0 bridgehead atoms. The molecule has 0 aromatic carbocycles. The van der Waals surface area contributed by atoms with Gasteiger partial charge in [-0.15, -0.1) is 0 Å². The van der Waals surface area contributed by atoms with Crippen molar-refractivity contribution in [2.75, 3.05) is 19.8 Å². The average Bonchev–Trinajstić information content (AvgIpc) is 2.92. The molecule has 0 aliphatic carbocycles. The second kappa shape index (κ2) is 32.1. The van der Waals surface area contributed by atoms with Crippen LogP contribution in [-0.2, 0) is 14.3 Å². The van der Waals surface area contributed by atoms with Crippen molar-refractivity contribution in [3.8, 4) is 0 Å². The molecule has 1 unspecified atom stereocenters. The predicted octanol–water partition coefficient (Wildman–Crippen LogP) is 10.0. The van der Waals surface area contributed by atoms with E-state index >= 15 is 0 Å². The maximum absolute atomic E-state index is 12.1. The third-order valence-corrected chi connectivity index (χ3v) is 7.01. The average molecular weight is 537 g/mol. The second-order valence-corrected chi connectivity index (χ2v) is 10.9. The number of ether oxygens (including phenoxy) is 2. The highest BCUT2D eigenvalue weighted by Gasteiger charge is 2.13. The highest BCUT2D eigenvalue weighted by Crippen LogP contribution is 2.13. The van der Waals surface area contributed by atoms with Crippen molar-refractivity contribution in [3.05, 3.63) is 24.3 Å². The summed E-state index contributed by atoms with van der Waals surface area (Å²) in [5.74, 6) is -0.206. The number of aliphatic hydroxyl groups excluding tert-OH is 1. The Hall–Kier alpha value is -1.13. The number of carbonyl (C=O) groups is 1. The fraction of sp³-hybridized carbons (Fsp3) is 0.853. The van der Waals surface area contributed by atoms with E-state index in [1.165, 1.54) is 116 Å². The lowest BCUT2D eigenvalue weighted by Gasteiger charge is -2.15. The molecule has 0 fully saturated rings.